The second kappa shape index (κ2) is 9.14. The van der Waals surface area contributed by atoms with Gasteiger partial charge in [0.15, 0.2) is 0 Å². The van der Waals surface area contributed by atoms with Gasteiger partial charge in [0.05, 0.1) is 0 Å². The van der Waals surface area contributed by atoms with Gasteiger partial charge in [0, 0.05) is 8.07 Å². The predicted octanol–water partition coefficient (Wildman–Crippen LogP) is 1.85. The van der Waals surface area contributed by atoms with E-state index in [1.54, 1.807) is 0 Å². The Labute approximate surface area is 90.1 Å². The van der Waals surface area contributed by atoms with Crippen molar-refractivity contribution in [1.82, 2.24) is 0 Å². The first kappa shape index (κ1) is 19.2. The van der Waals surface area contributed by atoms with Crippen LogP contribution in [0.25, 0.3) is 0 Å². The minimum Gasteiger partial charge on any atom is -0.301 e. The van der Waals surface area contributed by atoms with Gasteiger partial charge in [-0.1, -0.05) is 25.7 Å². The molecule has 14 heavy (non-hydrogen) atoms. The molecule has 0 radical (unpaired) electrons. The Kier molecular flexibility index (Phi) is 12.5. The summed E-state index contributed by atoms with van der Waals surface area (Å²) in [4.78, 5) is 0. The van der Waals surface area contributed by atoms with E-state index in [0.29, 0.717) is 0 Å². The molecule has 0 amide bonds. The molecule has 0 unspecified atom stereocenters. The van der Waals surface area contributed by atoms with Gasteiger partial charge in [-0.2, -0.15) is 0 Å². The van der Waals surface area contributed by atoms with Gasteiger partial charge in [0.2, 0.25) is 0 Å². The van der Waals surface area contributed by atoms with E-state index in [2.05, 4.69) is 46.0 Å². The Hall–Kier alpha value is -0.423. The maximum Gasteiger partial charge on any atom is 0.115 e. The first-order chi connectivity index (χ1) is 6.21. The lowest BCUT2D eigenvalue weighted by molar-refractivity contribution is 0.443. The van der Waals surface area contributed by atoms with Crippen molar-refractivity contribution in [1.29, 1.82) is 0 Å². The van der Waals surface area contributed by atoms with Crippen molar-refractivity contribution in [2.45, 2.75) is 37.9 Å². The maximum atomic E-state index is 5.42. The topological polar surface area (TPSA) is 78.1 Å². The molecule has 0 aliphatic carbocycles. The fraction of sp³-hybridized carbons (Fsp3) is 0.600. The van der Waals surface area contributed by atoms with E-state index >= 15 is 0 Å². The zero-order chi connectivity index (χ0) is 12.4. The molecule has 3 nitrogen and oxygen atoms in total. The maximum absolute atomic E-state index is 5.42. The van der Waals surface area contributed by atoms with E-state index in [1.807, 2.05) is 0 Å². The van der Waals surface area contributed by atoms with Crippen molar-refractivity contribution in [3.8, 4) is 0 Å². The Morgan fingerprint density at radius 1 is 0.929 bits per heavy atom. The monoisotopic (exact) mass is 217 g/mol. The van der Waals surface area contributed by atoms with Gasteiger partial charge in [-0.3, -0.25) is 0 Å². The molecule has 0 aliphatic heterocycles. The molecule has 0 atom stereocenters. The van der Waals surface area contributed by atoms with Gasteiger partial charge in [-0.05, 0) is 6.42 Å². The van der Waals surface area contributed by atoms with Gasteiger partial charge in [0.25, 0.3) is 0 Å². The summed E-state index contributed by atoms with van der Waals surface area (Å²) in [6.07, 6.45) is 0.725. The molecule has 86 valence electrons. The molecular weight excluding hydrogens is 190 g/mol. The summed E-state index contributed by atoms with van der Waals surface area (Å²) in [6.45, 7) is 18.8. The van der Waals surface area contributed by atoms with Gasteiger partial charge in [-0.15, -0.1) is 26.3 Å². The van der Waals surface area contributed by atoms with Crippen LogP contribution in [0, 0.1) is 0 Å². The van der Waals surface area contributed by atoms with E-state index in [1.165, 1.54) is 0 Å². The summed E-state index contributed by atoms with van der Waals surface area (Å²) >= 11 is 0. The summed E-state index contributed by atoms with van der Waals surface area (Å²) in [7, 11) is -1.01. The van der Waals surface area contributed by atoms with Crippen molar-refractivity contribution in [3.05, 3.63) is 26.3 Å². The first-order valence-corrected chi connectivity index (χ1v) is 8.28. The molecule has 0 spiro atoms. The van der Waals surface area contributed by atoms with Crippen LogP contribution in [0.4, 0.5) is 0 Å². The van der Waals surface area contributed by atoms with Crippen LogP contribution in [0.1, 0.15) is 6.42 Å². The lowest BCUT2D eigenvalue weighted by Gasteiger charge is -2.23. The van der Waals surface area contributed by atoms with Gasteiger partial charge in [-0.25, -0.2) is 0 Å². The van der Waals surface area contributed by atoms with Crippen molar-refractivity contribution in [2.24, 2.45) is 17.2 Å². The summed E-state index contributed by atoms with van der Waals surface area (Å²) in [5, 5.41) is 0. The number of rotatable bonds is 3. The highest BCUT2D eigenvalue weighted by atomic mass is 28.3. The average molecular weight is 217 g/mol. The molecule has 0 saturated carbocycles. The third kappa shape index (κ3) is 29.9. The van der Waals surface area contributed by atoms with E-state index in [-0.39, 0.29) is 0 Å². The summed E-state index contributed by atoms with van der Waals surface area (Å²) in [5.41, 5.74) is 16.3. The molecule has 0 bridgehead atoms. The van der Waals surface area contributed by atoms with Gasteiger partial charge < -0.3 is 17.2 Å². The molecule has 0 rings (SSSR count). The van der Waals surface area contributed by atoms with E-state index in [4.69, 9.17) is 17.2 Å². The highest BCUT2D eigenvalue weighted by molar-refractivity contribution is 6.76. The fourth-order valence-corrected chi connectivity index (χ4v) is 1.77. The first-order valence-electron chi connectivity index (χ1n) is 4.57. The lowest BCUT2D eigenvalue weighted by Crippen LogP contribution is -2.58. The summed E-state index contributed by atoms with van der Waals surface area (Å²) < 4.78 is 0. The normalized spacial score (nSPS) is 10.4. The summed E-state index contributed by atoms with van der Waals surface area (Å²) in [5.74, 6) is -0.958. The van der Waals surface area contributed by atoms with Crippen LogP contribution in [0.3, 0.4) is 0 Å². The van der Waals surface area contributed by atoms with Crippen LogP contribution < -0.4 is 17.2 Å². The number of hydrogen-bond donors (Lipinski definition) is 3. The van der Waals surface area contributed by atoms with Crippen LogP contribution >= 0.6 is 0 Å². The van der Waals surface area contributed by atoms with Crippen molar-refractivity contribution < 1.29 is 0 Å². The summed E-state index contributed by atoms with van der Waals surface area (Å²) in [6, 6.07) is 1.09. The van der Waals surface area contributed by atoms with Crippen LogP contribution in [0.5, 0.6) is 0 Å². The number of nitrogens with two attached hydrogens (primary N) is 3. The van der Waals surface area contributed by atoms with Crippen molar-refractivity contribution in [2.75, 3.05) is 0 Å². The molecule has 0 aromatic heterocycles. The quantitative estimate of drug-likeness (QED) is 0.383. The zero-order valence-corrected chi connectivity index (χ0v) is 11.0. The Bertz CT molecular complexity index is 108. The van der Waals surface area contributed by atoms with Crippen LogP contribution in [-0.4, -0.2) is 13.9 Å². The van der Waals surface area contributed by atoms with E-state index in [9.17, 15) is 0 Å². The predicted molar refractivity (Wildman–Crippen MR) is 70.6 cm³/mol. The highest BCUT2D eigenvalue weighted by Gasteiger charge is 2.18. The van der Waals surface area contributed by atoms with Crippen molar-refractivity contribution in [3.63, 3.8) is 0 Å². The van der Waals surface area contributed by atoms with Crippen LogP contribution in [0.15, 0.2) is 26.3 Å². The fourth-order valence-electron chi connectivity index (χ4n) is 0.592. The molecule has 0 fully saturated rings. The molecule has 0 aromatic carbocycles. The Balaban J connectivity index is -0.000000266. The van der Waals surface area contributed by atoms with Crippen molar-refractivity contribution >= 4 is 8.07 Å². The molecule has 6 N–H and O–H groups in total. The molecular formula is C10H27N3Si. The third-order valence-electron chi connectivity index (χ3n) is 1.31. The second-order valence-corrected chi connectivity index (χ2v) is 9.79. The molecule has 0 saturated heterocycles. The standard InChI is InChI=1S/C6H19N3Si.2C2H4/c1-10(2,3)5-4-6(7,8)9;2*1-2/h4-5,7-9H2,1-3H3;2*1-2H2. The largest absolute Gasteiger partial charge is 0.301 e. The molecule has 4 heteroatoms. The van der Waals surface area contributed by atoms with E-state index in [0.717, 1.165) is 12.5 Å². The average Bonchev–Trinajstić information content (AvgIpc) is 2.06. The zero-order valence-electron chi connectivity index (χ0n) is 9.97. The van der Waals surface area contributed by atoms with Gasteiger partial charge in [0.1, 0.15) is 5.79 Å². The second-order valence-electron chi connectivity index (χ2n) is 4.17. The van der Waals surface area contributed by atoms with Crippen LogP contribution in [0.2, 0.25) is 25.7 Å². The molecule has 0 aliphatic rings. The molecule has 0 aromatic rings. The highest BCUT2D eigenvalue weighted by Crippen LogP contribution is 2.12. The lowest BCUT2D eigenvalue weighted by atomic mass is 10.3. The number of hydrogen-bond acceptors (Lipinski definition) is 3. The molecule has 0 heterocycles. The van der Waals surface area contributed by atoms with Gasteiger partial charge >= 0.3 is 0 Å². The minimum absolute atomic E-state index is 0.725. The SMILES string of the molecule is C=C.C=C.C[Si](C)(C)CCC(N)(N)N. The van der Waals surface area contributed by atoms with E-state index < -0.39 is 13.9 Å². The smallest absolute Gasteiger partial charge is 0.115 e. The van der Waals surface area contributed by atoms with Crippen LogP contribution in [-0.2, 0) is 0 Å². The Morgan fingerprint density at radius 3 is 1.29 bits per heavy atom. The minimum atomic E-state index is -1.01. The Morgan fingerprint density at radius 2 is 1.21 bits per heavy atom. The third-order valence-corrected chi connectivity index (χ3v) is 3.06.